The number of nitrogens with one attached hydrogen (secondary N) is 1. The maximum Gasteiger partial charge on any atom is 0.287 e. The van der Waals surface area contributed by atoms with E-state index in [0.717, 1.165) is 47.8 Å². The molecule has 2 aliphatic rings. The van der Waals surface area contributed by atoms with Crippen molar-refractivity contribution in [3.05, 3.63) is 65.6 Å². The highest BCUT2D eigenvalue weighted by molar-refractivity contribution is 7.17. The second-order valence-corrected chi connectivity index (χ2v) is 9.98. The van der Waals surface area contributed by atoms with Gasteiger partial charge in [0.2, 0.25) is 5.91 Å². The minimum atomic E-state index is -0.392. The van der Waals surface area contributed by atoms with Crippen LogP contribution < -0.4 is 5.32 Å². The van der Waals surface area contributed by atoms with E-state index >= 15 is 0 Å². The number of likely N-dealkylation sites (tertiary alicyclic amines) is 2. The van der Waals surface area contributed by atoms with Gasteiger partial charge in [0.05, 0.1) is 28.3 Å². The zero-order valence-corrected chi connectivity index (χ0v) is 19.6. The van der Waals surface area contributed by atoms with E-state index in [0.29, 0.717) is 13.1 Å². The molecule has 0 aromatic carbocycles. The van der Waals surface area contributed by atoms with Crippen molar-refractivity contribution in [2.45, 2.75) is 19.3 Å². The topological polar surface area (TPSA) is 95.8 Å². The van der Waals surface area contributed by atoms with Gasteiger partial charge in [-0.05, 0) is 61.1 Å². The Hall–Kier alpha value is -3.46. The first-order valence-electron chi connectivity index (χ1n) is 11.4. The molecular formula is C25H26N4O4S. The molecule has 3 aromatic rings. The number of carbonyl (C=O) groups excluding carboxylic acids is 3. The van der Waals surface area contributed by atoms with Crippen molar-refractivity contribution in [2.75, 3.05) is 32.7 Å². The number of piperidine rings is 1. The molecule has 5 heterocycles. The summed E-state index contributed by atoms with van der Waals surface area (Å²) >= 11 is 1.48. The molecule has 34 heavy (non-hydrogen) atoms. The molecule has 1 spiro atoms. The summed E-state index contributed by atoms with van der Waals surface area (Å²) in [6.07, 6.45) is 5.85. The molecule has 3 aromatic heterocycles. The first-order chi connectivity index (χ1) is 16.5. The lowest BCUT2D eigenvalue weighted by Crippen LogP contribution is -2.47. The molecule has 0 unspecified atom stereocenters. The van der Waals surface area contributed by atoms with E-state index in [4.69, 9.17) is 4.42 Å². The van der Waals surface area contributed by atoms with Gasteiger partial charge in [0.15, 0.2) is 5.76 Å². The van der Waals surface area contributed by atoms with Crippen LogP contribution in [0.3, 0.4) is 0 Å². The number of rotatable bonds is 5. The van der Waals surface area contributed by atoms with Crippen molar-refractivity contribution in [3.8, 4) is 10.6 Å². The molecular weight excluding hydrogens is 452 g/mol. The quantitative estimate of drug-likeness (QED) is 0.607. The van der Waals surface area contributed by atoms with Gasteiger partial charge in [0.25, 0.3) is 11.8 Å². The highest BCUT2D eigenvalue weighted by Gasteiger charge is 2.43. The van der Waals surface area contributed by atoms with Gasteiger partial charge in [-0.25, -0.2) is 0 Å². The summed E-state index contributed by atoms with van der Waals surface area (Å²) in [5.41, 5.74) is 0.937. The minimum Gasteiger partial charge on any atom is -0.459 e. The smallest absolute Gasteiger partial charge is 0.287 e. The van der Waals surface area contributed by atoms with E-state index < -0.39 is 5.91 Å². The van der Waals surface area contributed by atoms with Gasteiger partial charge in [0, 0.05) is 32.4 Å². The van der Waals surface area contributed by atoms with Crippen LogP contribution in [0.2, 0.25) is 0 Å². The fourth-order valence-electron chi connectivity index (χ4n) is 4.76. The predicted octanol–water partition coefficient (Wildman–Crippen LogP) is 3.29. The number of thiophene rings is 1. The third kappa shape index (κ3) is 4.61. The van der Waals surface area contributed by atoms with Crippen LogP contribution in [-0.4, -0.2) is 65.2 Å². The first kappa shape index (κ1) is 22.3. The normalized spacial score (nSPS) is 17.2. The number of carbonyl (C=O) groups is 3. The number of aromatic nitrogens is 1. The third-order valence-corrected chi connectivity index (χ3v) is 7.88. The summed E-state index contributed by atoms with van der Waals surface area (Å²) in [4.78, 5) is 47.5. The molecule has 0 saturated carbocycles. The van der Waals surface area contributed by atoms with E-state index in [1.54, 1.807) is 23.2 Å². The Bertz CT molecular complexity index is 1170. The fraction of sp³-hybridized carbons (Fsp3) is 0.360. The third-order valence-electron chi connectivity index (χ3n) is 6.78. The summed E-state index contributed by atoms with van der Waals surface area (Å²) in [6, 6.07) is 12.8. The number of hydrogen-bond donors (Lipinski definition) is 1. The van der Waals surface area contributed by atoms with E-state index in [1.807, 2.05) is 35.2 Å². The fourth-order valence-corrected chi connectivity index (χ4v) is 5.72. The number of amides is 3. The number of hydrogen-bond acceptors (Lipinski definition) is 6. The molecule has 0 atom stereocenters. The molecule has 176 valence electrons. The van der Waals surface area contributed by atoms with Gasteiger partial charge in [-0.15, -0.1) is 11.3 Å². The van der Waals surface area contributed by atoms with Crippen LogP contribution >= 0.6 is 11.3 Å². The van der Waals surface area contributed by atoms with Crippen molar-refractivity contribution in [1.29, 1.82) is 0 Å². The highest BCUT2D eigenvalue weighted by atomic mass is 32.1. The Morgan fingerprint density at radius 1 is 1.00 bits per heavy atom. The molecule has 9 heteroatoms. The monoisotopic (exact) mass is 478 g/mol. The molecule has 3 amide bonds. The van der Waals surface area contributed by atoms with Crippen molar-refractivity contribution >= 4 is 29.1 Å². The van der Waals surface area contributed by atoms with Crippen LogP contribution in [-0.2, 0) is 4.79 Å². The van der Waals surface area contributed by atoms with Gasteiger partial charge in [-0.1, -0.05) is 6.07 Å². The standard InChI is InChI=1S/C25H26N4O4S/c30-22(16-27-23(31)19-5-3-15-33-19)28-12-8-25(9-13-28)10-14-29(17-25)24(32)21-7-6-20(34-21)18-4-1-2-11-26-18/h1-7,11,15H,8-10,12-14,16-17H2,(H,27,31). The number of furan rings is 1. The summed E-state index contributed by atoms with van der Waals surface area (Å²) in [5.74, 6) is -0.222. The summed E-state index contributed by atoms with van der Waals surface area (Å²) in [7, 11) is 0. The number of pyridine rings is 1. The van der Waals surface area contributed by atoms with E-state index in [1.165, 1.54) is 17.6 Å². The maximum atomic E-state index is 13.1. The van der Waals surface area contributed by atoms with Gasteiger partial charge in [0.1, 0.15) is 0 Å². The molecule has 0 radical (unpaired) electrons. The Morgan fingerprint density at radius 3 is 2.50 bits per heavy atom. The van der Waals surface area contributed by atoms with E-state index in [9.17, 15) is 14.4 Å². The second kappa shape index (κ2) is 9.42. The maximum absolute atomic E-state index is 13.1. The van der Waals surface area contributed by atoms with Gasteiger partial charge in [-0.3, -0.25) is 19.4 Å². The van der Waals surface area contributed by atoms with Gasteiger partial charge in [-0.2, -0.15) is 0 Å². The molecule has 2 saturated heterocycles. The summed E-state index contributed by atoms with van der Waals surface area (Å²) < 4.78 is 5.05. The Balaban J connectivity index is 1.13. The molecule has 1 N–H and O–H groups in total. The molecule has 8 nitrogen and oxygen atoms in total. The van der Waals surface area contributed by atoms with Gasteiger partial charge < -0.3 is 19.5 Å². The van der Waals surface area contributed by atoms with Crippen LogP contribution in [0.15, 0.2) is 59.3 Å². The van der Waals surface area contributed by atoms with Crippen LogP contribution in [0.25, 0.3) is 10.6 Å². The summed E-state index contributed by atoms with van der Waals surface area (Å²) in [6.45, 7) is 2.69. The van der Waals surface area contributed by atoms with Crippen molar-refractivity contribution < 1.29 is 18.8 Å². The zero-order chi connectivity index (χ0) is 23.5. The lowest BCUT2D eigenvalue weighted by molar-refractivity contribution is -0.132. The summed E-state index contributed by atoms with van der Waals surface area (Å²) in [5, 5.41) is 2.62. The van der Waals surface area contributed by atoms with E-state index in [2.05, 4.69) is 10.3 Å². The Morgan fingerprint density at radius 2 is 1.79 bits per heavy atom. The van der Waals surface area contributed by atoms with E-state index in [-0.39, 0.29) is 29.5 Å². The van der Waals surface area contributed by atoms with Gasteiger partial charge >= 0.3 is 0 Å². The van der Waals surface area contributed by atoms with Crippen molar-refractivity contribution in [3.63, 3.8) is 0 Å². The van der Waals surface area contributed by atoms with Crippen LogP contribution in [0.1, 0.15) is 39.5 Å². The SMILES string of the molecule is O=C(NCC(=O)N1CCC2(CC1)CCN(C(=O)c1ccc(-c3ccccn3)s1)C2)c1ccco1. The van der Waals surface area contributed by atoms with Crippen molar-refractivity contribution in [1.82, 2.24) is 20.1 Å². The molecule has 5 rings (SSSR count). The first-order valence-corrected chi connectivity index (χ1v) is 12.2. The Kier molecular flexibility index (Phi) is 6.19. The van der Waals surface area contributed by atoms with Crippen LogP contribution in [0, 0.1) is 5.41 Å². The average Bonchev–Trinajstić information content (AvgIpc) is 3.65. The lowest BCUT2D eigenvalue weighted by Gasteiger charge is -2.39. The molecule has 2 fully saturated rings. The Labute approximate surface area is 201 Å². The van der Waals surface area contributed by atoms with Crippen molar-refractivity contribution in [2.24, 2.45) is 5.41 Å². The number of nitrogens with zero attached hydrogens (tertiary/aromatic N) is 3. The molecule has 0 bridgehead atoms. The largest absolute Gasteiger partial charge is 0.459 e. The minimum absolute atomic E-state index is 0.0475. The zero-order valence-electron chi connectivity index (χ0n) is 18.7. The van der Waals surface area contributed by atoms with Crippen LogP contribution in [0.4, 0.5) is 0 Å². The predicted molar refractivity (Wildman–Crippen MR) is 127 cm³/mol. The highest BCUT2D eigenvalue weighted by Crippen LogP contribution is 2.41. The second-order valence-electron chi connectivity index (χ2n) is 8.90. The molecule has 0 aliphatic carbocycles. The molecule has 2 aliphatic heterocycles. The van der Waals surface area contributed by atoms with Crippen LogP contribution in [0.5, 0.6) is 0 Å². The average molecular weight is 479 g/mol. The lowest BCUT2D eigenvalue weighted by atomic mass is 9.78.